The molecule has 0 heterocycles. The van der Waals surface area contributed by atoms with E-state index < -0.39 is 6.04 Å². The molecule has 2 rings (SSSR count). The van der Waals surface area contributed by atoms with Gasteiger partial charge in [0.1, 0.15) is 5.75 Å². The molecule has 1 unspecified atom stereocenters. The molecule has 0 fully saturated rings. The maximum atomic E-state index is 12.1. The molecule has 0 aliphatic heterocycles. The van der Waals surface area contributed by atoms with Crippen LogP contribution >= 0.6 is 0 Å². The number of benzene rings is 2. The molecule has 1 amide bonds. The van der Waals surface area contributed by atoms with E-state index >= 15 is 0 Å². The first-order chi connectivity index (χ1) is 10.1. The highest BCUT2D eigenvalue weighted by Crippen LogP contribution is 2.12. The van der Waals surface area contributed by atoms with Gasteiger partial charge in [-0.25, -0.2) is 0 Å². The van der Waals surface area contributed by atoms with Gasteiger partial charge in [0.15, 0.2) is 5.78 Å². The molecule has 21 heavy (non-hydrogen) atoms. The molecule has 2 N–H and O–H groups in total. The Labute approximate surface area is 123 Å². The van der Waals surface area contributed by atoms with E-state index in [0.717, 1.165) is 5.56 Å². The first kappa shape index (κ1) is 14.8. The van der Waals surface area contributed by atoms with Crippen LogP contribution in [0.3, 0.4) is 0 Å². The fourth-order valence-electron chi connectivity index (χ4n) is 2.00. The molecular weight excluding hydrogens is 266 g/mol. The van der Waals surface area contributed by atoms with Gasteiger partial charge in [0, 0.05) is 5.56 Å². The smallest absolute Gasteiger partial charge is 0.251 e. The van der Waals surface area contributed by atoms with Gasteiger partial charge in [-0.15, -0.1) is 0 Å². The maximum Gasteiger partial charge on any atom is 0.251 e. The minimum absolute atomic E-state index is 0.104. The van der Waals surface area contributed by atoms with E-state index in [1.54, 1.807) is 48.5 Å². The minimum atomic E-state index is -0.581. The highest BCUT2D eigenvalue weighted by molar-refractivity contribution is 5.97. The molecule has 0 bridgehead atoms. The van der Waals surface area contributed by atoms with E-state index in [0.29, 0.717) is 12.0 Å². The number of hydrogen-bond donors (Lipinski definition) is 2. The minimum Gasteiger partial charge on any atom is -0.508 e. The number of rotatable bonds is 5. The number of amides is 1. The first-order valence-corrected chi connectivity index (χ1v) is 6.70. The number of nitrogens with one attached hydrogen (secondary N) is 1. The number of aromatic hydroxyl groups is 1. The largest absolute Gasteiger partial charge is 0.508 e. The van der Waals surface area contributed by atoms with E-state index in [9.17, 15) is 14.7 Å². The summed E-state index contributed by atoms with van der Waals surface area (Å²) >= 11 is 0. The molecule has 1 atom stereocenters. The maximum absolute atomic E-state index is 12.1. The zero-order chi connectivity index (χ0) is 15.2. The van der Waals surface area contributed by atoms with Crippen molar-refractivity contribution in [3.8, 4) is 5.75 Å². The summed E-state index contributed by atoms with van der Waals surface area (Å²) in [4.78, 5) is 23.8. The quantitative estimate of drug-likeness (QED) is 0.885. The third kappa shape index (κ3) is 4.18. The third-order valence-corrected chi connectivity index (χ3v) is 3.21. The number of Topliss-reactive ketones (excluding diaryl/α,β-unsaturated/α-hetero) is 1. The molecule has 0 aromatic heterocycles. The molecule has 0 saturated carbocycles. The lowest BCUT2D eigenvalue weighted by Crippen LogP contribution is -2.41. The van der Waals surface area contributed by atoms with Gasteiger partial charge in [0.05, 0.1) is 6.04 Å². The molecule has 0 radical (unpaired) electrons. The van der Waals surface area contributed by atoms with E-state index in [-0.39, 0.29) is 17.4 Å². The Morgan fingerprint density at radius 3 is 2.24 bits per heavy atom. The lowest BCUT2D eigenvalue weighted by atomic mass is 10.0. The van der Waals surface area contributed by atoms with Crippen LogP contribution in [0, 0.1) is 0 Å². The molecule has 0 aliphatic carbocycles. The van der Waals surface area contributed by atoms with Gasteiger partial charge in [0.2, 0.25) is 0 Å². The number of carbonyl (C=O) groups is 2. The van der Waals surface area contributed by atoms with Crippen LogP contribution < -0.4 is 5.32 Å². The molecule has 0 spiro atoms. The lowest BCUT2D eigenvalue weighted by molar-refractivity contribution is -0.118. The number of phenols is 1. The molecule has 2 aromatic carbocycles. The molecule has 4 nitrogen and oxygen atoms in total. The van der Waals surface area contributed by atoms with Crippen LogP contribution in [0.25, 0.3) is 0 Å². The van der Waals surface area contributed by atoms with Crippen LogP contribution in [-0.4, -0.2) is 22.8 Å². The zero-order valence-electron chi connectivity index (χ0n) is 11.7. The summed E-state index contributed by atoms with van der Waals surface area (Å²) in [5, 5.41) is 12.0. The van der Waals surface area contributed by atoms with E-state index in [4.69, 9.17) is 0 Å². The molecule has 108 valence electrons. The van der Waals surface area contributed by atoms with Crippen molar-refractivity contribution in [2.24, 2.45) is 0 Å². The fraction of sp³-hybridized carbons (Fsp3) is 0.176. The summed E-state index contributed by atoms with van der Waals surface area (Å²) in [5.74, 6) is -0.201. The summed E-state index contributed by atoms with van der Waals surface area (Å²) in [7, 11) is 0. The van der Waals surface area contributed by atoms with Crippen LogP contribution in [-0.2, 0) is 11.2 Å². The van der Waals surface area contributed by atoms with E-state index in [2.05, 4.69) is 5.32 Å². The van der Waals surface area contributed by atoms with Gasteiger partial charge in [-0.1, -0.05) is 30.3 Å². The second kappa shape index (κ2) is 6.70. The Hall–Kier alpha value is -2.62. The third-order valence-electron chi connectivity index (χ3n) is 3.21. The second-order valence-electron chi connectivity index (χ2n) is 4.87. The monoisotopic (exact) mass is 283 g/mol. The summed E-state index contributed by atoms with van der Waals surface area (Å²) in [5.41, 5.74) is 1.40. The predicted molar refractivity (Wildman–Crippen MR) is 80.2 cm³/mol. The van der Waals surface area contributed by atoms with Gasteiger partial charge in [-0.05, 0) is 43.2 Å². The van der Waals surface area contributed by atoms with Crippen molar-refractivity contribution >= 4 is 11.7 Å². The fourth-order valence-corrected chi connectivity index (χ4v) is 2.00. The zero-order valence-corrected chi connectivity index (χ0v) is 11.7. The SMILES string of the molecule is CC(=O)C(Cc1ccc(O)cc1)NC(=O)c1ccccc1. The standard InChI is InChI=1S/C17H17NO3/c1-12(19)16(11-13-7-9-15(20)10-8-13)18-17(21)14-5-3-2-4-6-14/h2-10,16,20H,11H2,1H3,(H,18,21). The van der Waals surface area contributed by atoms with Gasteiger partial charge in [0.25, 0.3) is 5.91 Å². The van der Waals surface area contributed by atoms with Crippen LogP contribution in [0.1, 0.15) is 22.8 Å². The highest BCUT2D eigenvalue weighted by Gasteiger charge is 2.18. The van der Waals surface area contributed by atoms with Crippen LogP contribution in [0.2, 0.25) is 0 Å². The van der Waals surface area contributed by atoms with Gasteiger partial charge in [-0.3, -0.25) is 9.59 Å². The van der Waals surface area contributed by atoms with E-state index in [1.807, 2.05) is 6.07 Å². The topological polar surface area (TPSA) is 66.4 Å². The number of hydrogen-bond acceptors (Lipinski definition) is 3. The van der Waals surface area contributed by atoms with Gasteiger partial charge in [-0.2, -0.15) is 0 Å². The van der Waals surface area contributed by atoms with Crippen molar-refractivity contribution in [3.05, 3.63) is 65.7 Å². The Kier molecular flexibility index (Phi) is 4.72. The van der Waals surface area contributed by atoms with Crippen molar-refractivity contribution in [1.29, 1.82) is 0 Å². The summed E-state index contributed by atoms with van der Waals surface area (Å²) in [6.45, 7) is 1.45. The van der Waals surface area contributed by atoms with Gasteiger partial charge < -0.3 is 10.4 Å². The van der Waals surface area contributed by atoms with Crippen molar-refractivity contribution in [2.75, 3.05) is 0 Å². The normalized spacial score (nSPS) is 11.7. The van der Waals surface area contributed by atoms with Crippen molar-refractivity contribution in [3.63, 3.8) is 0 Å². The van der Waals surface area contributed by atoms with Crippen LogP contribution in [0.15, 0.2) is 54.6 Å². The van der Waals surface area contributed by atoms with Crippen LogP contribution in [0.5, 0.6) is 5.75 Å². The Bertz CT molecular complexity index is 620. The van der Waals surface area contributed by atoms with Crippen molar-refractivity contribution in [1.82, 2.24) is 5.32 Å². The number of phenolic OH excluding ortho intramolecular Hbond substituents is 1. The van der Waals surface area contributed by atoms with E-state index in [1.165, 1.54) is 6.92 Å². The van der Waals surface area contributed by atoms with Crippen LogP contribution in [0.4, 0.5) is 0 Å². The lowest BCUT2D eigenvalue weighted by Gasteiger charge is -2.16. The molecule has 2 aromatic rings. The number of carbonyl (C=O) groups excluding carboxylic acids is 2. The Morgan fingerprint density at radius 1 is 1.05 bits per heavy atom. The van der Waals surface area contributed by atoms with Gasteiger partial charge >= 0.3 is 0 Å². The molecule has 4 heteroatoms. The summed E-state index contributed by atoms with van der Waals surface area (Å²) in [6.07, 6.45) is 0.397. The first-order valence-electron chi connectivity index (χ1n) is 6.70. The summed E-state index contributed by atoms with van der Waals surface area (Å²) < 4.78 is 0. The predicted octanol–water partition coefficient (Wildman–Crippen LogP) is 2.32. The number of ketones is 1. The van der Waals surface area contributed by atoms with Crippen molar-refractivity contribution < 1.29 is 14.7 Å². The van der Waals surface area contributed by atoms with Crippen molar-refractivity contribution in [2.45, 2.75) is 19.4 Å². The average Bonchev–Trinajstić information content (AvgIpc) is 2.49. The Morgan fingerprint density at radius 2 is 1.67 bits per heavy atom. The highest BCUT2D eigenvalue weighted by atomic mass is 16.3. The summed E-state index contributed by atoms with van der Waals surface area (Å²) in [6, 6.07) is 14.8. The molecule has 0 aliphatic rings. The Balaban J connectivity index is 2.07. The molecule has 0 saturated heterocycles. The second-order valence-corrected chi connectivity index (χ2v) is 4.87. The average molecular weight is 283 g/mol. The molecular formula is C17H17NO3.